The average molecular weight is 312 g/mol. The number of rotatable bonds is 6. The van der Waals surface area contributed by atoms with Crippen LogP contribution in [0.15, 0.2) is 17.5 Å². The smallest absolute Gasteiger partial charge is 0.329 e. The summed E-state index contributed by atoms with van der Waals surface area (Å²) in [6, 6.07) is 3.78. The van der Waals surface area contributed by atoms with Crippen LogP contribution in [0.2, 0.25) is 0 Å². The molecule has 0 spiro atoms. The number of carbonyl (C=O) groups is 2. The lowest BCUT2D eigenvalue weighted by Gasteiger charge is -2.38. The van der Waals surface area contributed by atoms with Gasteiger partial charge in [0.25, 0.3) is 0 Å². The summed E-state index contributed by atoms with van der Waals surface area (Å²) in [4.78, 5) is 28.2. The maximum absolute atomic E-state index is 12.6. The van der Waals surface area contributed by atoms with E-state index in [9.17, 15) is 14.7 Å². The van der Waals surface area contributed by atoms with E-state index in [4.69, 9.17) is 0 Å². The summed E-state index contributed by atoms with van der Waals surface area (Å²) in [6.07, 6.45) is 0.769. The normalized spacial score (nSPS) is 12.8. The van der Waals surface area contributed by atoms with Crippen molar-refractivity contribution in [3.63, 3.8) is 0 Å². The van der Waals surface area contributed by atoms with Crippen molar-refractivity contribution in [3.05, 3.63) is 22.4 Å². The Morgan fingerprint density at radius 2 is 2.05 bits per heavy atom. The minimum atomic E-state index is -1.22. The molecule has 1 N–H and O–H groups in total. The highest BCUT2D eigenvalue weighted by Crippen LogP contribution is 2.19. The third-order valence-electron chi connectivity index (χ3n) is 3.78. The summed E-state index contributed by atoms with van der Waals surface area (Å²) in [6.45, 7) is 7.22. The zero-order valence-electron chi connectivity index (χ0n) is 13.3. The van der Waals surface area contributed by atoms with Gasteiger partial charge >= 0.3 is 12.0 Å². The topological polar surface area (TPSA) is 60.9 Å². The van der Waals surface area contributed by atoms with Crippen molar-refractivity contribution in [1.82, 2.24) is 9.80 Å². The predicted molar refractivity (Wildman–Crippen MR) is 84.7 cm³/mol. The number of carbonyl (C=O) groups excluding carboxylic acids is 1. The highest BCUT2D eigenvalue weighted by atomic mass is 32.1. The van der Waals surface area contributed by atoms with Crippen LogP contribution in [0.5, 0.6) is 0 Å². The van der Waals surface area contributed by atoms with Gasteiger partial charge < -0.3 is 14.9 Å². The lowest BCUT2D eigenvalue weighted by Crippen LogP contribution is -2.57. The van der Waals surface area contributed by atoms with Gasteiger partial charge in [-0.3, -0.25) is 0 Å². The average Bonchev–Trinajstić information content (AvgIpc) is 2.90. The molecular weight excluding hydrogens is 288 g/mol. The Morgan fingerprint density at radius 3 is 2.48 bits per heavy atom. The minimum absolute atomic E-state index is 0.00907. The number of thiophene rings is 1. The number of amides is 2. The number of hydrogen-bond acceptors (Lipinski definition) is 3. The van der Waals surface area contributed by atoms with Crippen molar-refractivity contribution < 1.29 is 14.7 Å². The van der Waals surface area contributed by atoms with Crippen LogP contribution in [0.3, 0.4) is 0 Å². The van der Waals surface area contributed by atoms with E-state index in [2.05, 4.69) is 0 Å². The van der Waals surface area contributed by atoms with Gasteiger partial charge in [0.1, 0.15) is 5.54 Å². The first-order valence-electron chi connectivity index (χ1n) is 7.02. The molecule has 1 rings (SSSR count). The van der Waals surface area contributed by atoms with Crippen LogP contribution in [0, 0.1) is 0 Å². The Kier molecular flexibility index (Phi) is 5.78. The van der Waals surface area contributed by atoms with Gasteiger partial charge in [-0.05, 0) is 39.1 Å². The van der Waals surface area contributed by atoms with Gasteiger partial charge in [0.15, 0.2) is 0 Å². The lowest BCUT2D eigenvalue weighted by molar-refractivity contribution is -0.147. The molecule has 0 radical (unpaired) electrons. The van der Waals surface area contributed by atoms with Gasteiger partial charge in [-0.15, -0.1) is 11.3 Å². The molecule has 0 aliphatic heterocycles. The zero-order valence-corrected chi connectivity index (χ0v) is 14.1. The Balaban J connectivity index is 2.82. The first kappa shape index (κ1) is 17.5. The van der Waals surface area contributed by atoms with Gasteiger partial charge in [0.2, 0.25) is 0 Å². The number of urea groups is 1. The van der Waals surface area contributed by atoms with Crippen LogP contribution < -0.4 is 0 Å². The molecule has 0 aliphatic rings. The number of hydrogen-bond donors (Lipinski definition) is 1. The Labute approximate surface area is 130 Å². The van der Waals surface area contributed by atoms with Crippen LogP contribution in [0.25, 0.3) is 0 Å². The molecule has 0 aliphatic carbocycles. The fraction of sp³-hybridized carbons (Fsp3) is 0.600. The van der Waals surface area contributed by atoms with Crippen molar-refractivity contribution in [2.75, 3.05) is 13.6 Å². The molecule has 0 saturated carbocycles. The molecule has 118 valence electrons. The molecule has 0 saturated heterocycles. The third-order valence-corrected chi connectivity index (χ3v) is 4.68. The molecule has 21 heavy (non-hydrogen) atoms. The van der Waals surface area contributed by atoms with E-state index in [1.807, 2.05) is 24.4 Å². The second-order valence-electron chi connectivity index (χ2n) is 5.63. The quantitative estimate of drug-likeness (QED) is 0.878. The minimum Gasteiger partial charge on any atom is -0.480 e. The van der Waals surface area contributed by atoms with Crippen molar-refractivity contribution in [3.8, 4) is 0 Å². The molecule has 2 amide bonds. The number of likely N-dealkylation sites (N-methyl/N-ethyl adjacent to an activating group) is 2. The van der Waals surface area contributed by atoms with E-state index in [1.54, 1.807) is 44.1 Å². The maximum atomic E-state index is 12.6. The van der Waals surface area contributed by atoms with Crippen LogP contribution in [-0.2, 0) is 11.2 Å². The SMILES string of the molecule is CCN(C(=O)N(C)C(C)Cc1cccs1)C(C)(C)C(=O)O. The van der Waals surface area contributed by atoms with Crippen LogP contribution in [0.4, 0.5) is 4.79 Å². The Hall–Kier alpha value is -1.56. The Morgan fingerprint density at radius 1 is 1.43 bits per heavy atom. The van der Waals surface area contributed by atoms with Crippen LogP contribution in [-0.4, -0.2) is 52.1 Å². The van der Waals surface area contributed by atoms with E-state index in [-0.39, 0.29) is 12.1 Å². The van der Waals surface area contributed by atoms with E-state index < -0.39 is 11.5 Å². The summed E-state index contributed by atoms with van der Waals surface area (Å²) < 4.78 is 0. The van der Waals surface area contributed by atoms with Gasteiger partial charge in [-0.1, -0.05) is 6.07 Å². The summed E-state index contributed by atoms with van der Waals surface area (Å²) in [5.74, 6) is -1.00. The first-order valence-corrected chi connectivity index (χ1v) is 7.90. The number of nitrogens with zero attached hydrogens (tertiary/aromatic N) is 2. The van der Waals surface area contributed by atoms with Crippen LogP contribution in [0.1, 0.15) is 32.6 Å². The highest BCUT2D eigenvalue weighted by molar-refractivity contribution is 7.09. The molecule has 1 aromatic heterocycles. The number of carboxylic acids is 1. The number of aliphatic carboxylic acids is 1. The molecule has 1 unspecified atom stereocenters. The van der Waals surface area contributed by atoms with Gasteiger partial charge in [-0.2, -0.15) is 0 Å². The fourth-order valence-electron chi connectivity index (χ4n) is 2.12. The third kappa shape index (κ3) is 3.97. The zero-order chi connectivity index (χ0) is 16.2. The standard InChI is InChI=1S/C15H24N2O3S/c1-6-17(15(3,4)13(18)19)14(20)16(5)11(2)10-12-8-7-9-21-12/h7-9,11H,6,10H2,1-5H3,(H,18,19). The molecule has 1 atom stereocenters. The molecule has 1 aromatic rings. The van der Waals surface area contributed by atoms with Crippen molar-refractivity contribution in [2.45, 2.75) is 45.7 Å². The molecule has 0 aromatic carbocycles. The largest absolute Gasteiger partial charge is 0.480 e. The highest BCUT2D eigenvalue weighted by Gasteiger charge is 2.38. The van der Waals surface area contributed by atoms with Crippen LogP contribution >= 0.6 is 11.3 Å². The Bertz CT molecular complexity index is 485. The number of carboxylic acid groups (broad SMARTS) is 1. The van der Waals surface area contributed by atoms with Gasteiger partial charge in [0, 0.05) is 30.9 Å². The second-order valence-corrected chi connectivity index (χ2v) is 6.67. The second kappa shape index (κ2) is 6.93. The van der Waals surface area contributed by atoms with E-state index in [0.717, 1.165) is 6.42 Å². The van der Waals surface area contributed by atoms with Crippen molar-refractivity contribution >= 4 is 23.3 Å². The van der Waals surface area contributed by atoms with Gasteiger partial charge in [-0.25, -0.2) is 9.59 Å². The molecule has 6 heteroatoms. The van der Waals surface area contributed by atoms with E-state index in [0.29, 0.717) is 6.54 Å². The van der Waals surface area contributed by atoms with E-state index in [1.165, 1.54) is 9.78 Å². The van der Waals surface area contributed by atoms with E-state index >= 15 is 0 Å². The molecular formula is C15H24N2O3S. The monoisotopic (exact) mass is 312 g/mol. The molecule has 0 fully saturated rings. The van der Waals surface area contributed by atoms with Gasteiger partial charge in [0.05, 0.1) is 0 Å². The molecule has 5 nitrogen and oxygen atoms in total. The summed E-state index contributed by atoms with van der Waals surface area (Å²) in [5, 5.41) is 11.3. The van der Waals surface area contributed by atoms with Crippen molar-refractivity contribution in [1.29, 1.82) is 0 Å². The predicted octanol–water partition coefficient (Wildman–Crippen LogP) is 2.92. The first-order chi connectivity index (χ1) is 9.71. The fourth-order valence-corrected chi connectivity index (χ4v) is 2.95. The molecule has 0 bridgehead atoms. The van der Waals surface area contributed by atoms with Crippen molar-refractivity contribution in [2.24, 2.45) is 0 Å². The summed E-state index contributed by atoms with van der Waals surface area (Å²) in [7, 11) is 1.72. The summed E-state index contributed by atoms with van der Waals surface area (Å²) >= 11 is 1.66. The summed E-state index contributed by atoms with van der Waals surface area (Å²) in [5.41, 5.74) is -1.22. The molecule has 1 heterocycles. The maximum Gasteiger partial charge on any atom is 0.329 e. The lowest BCUT2D eigenvalue weighted by atomic mass is 10.0.